The first-order chi connectivity index (χ1) is 14.9. The van der Waals surface area contributed by atoms with Crippen LogP contribution < -0.4 is 0 Å². The summed E-state index contributed by atoms with van der Waals surface area (Å²) in [4.78, 5) is 33.1. The van der Waals surface area contributed by atoms with Crippen LogP contribution in [0.2, 0.25) is 0 Å². The molecule has 0 saturated carbocycles. The van der Waals surface area contributed by atoms with E-state index in [0.717, 1.165) is 5.56 Å². The maximum absolute atomic E-state index is 12.8. The Bertz CT molecular complexity index is 957. The lowest BCUT2D eigenvalue weighted by atomic mass is 10.0. The van der Waals surface area contributed by atoms with Crippen LogP contribution in [0.1, 0.15) is 46.5 Å². The lowest BCUT2D eigenvalue weighted by Crippen LogP contribution is -2.40. The first-order valence-electron chi connectivity index (χ1n) is 10.7. The fourth-order valence-corrected chi connectivity index (χ4v) is 4.58. The van der Waals surface area contributed by atoms with Crippen molar-refractivity contribution in [3.8, 4) is 0 Å². The quantitative estimate of drug-likeness (QED) is 0.690. The zero-order chi connectivity index (χ0) is 21.6. The number of amides is 2. The molecular weight excluding hydrogens is 396 g/mol. The van der Waals surface area contributed by atoms with Crippen LogP contribution in [0, 0.1) is 0 Å². The van der Waals surface area contributed by atoms with Gasteiger partial charge in [0.2, 0.25) is 0 Å². The van der Waals surface area contributed by atoms with Gasteiger partial charge in [-0.2, -0.15) is 5.06 Å². The van der Waals surface area contributed by atoms with Crippen molar-refractivity contribution in [2.75, 3.05) is 13.2 Å². The van der Waals surface area contributed by atoms with Crippen LogP contribution in [-0.2, 0) is 20.9 Å². The first-order valence-corrected chi connectivity index (χ1v) is 10.7. The summed E-state index contributed by atoms with van der Waals surface area (Å²) in [6.07, 6.45) is 0.193. The van der Waals surface area contributed by atoms with Gasteiger partial charge in [0.25, 0.3) is 11.8 Å². The molecule has 162 valence electrons. The molecular formula is C24H26N2O5. The van der Waals surface area contributed by atoms with Gasteiger partial charge in [-0.1, -0.05) is 42.5 Å². The minimum absolute atomic E-state index is 0.0397. The summed E-state index contributed by atoms with van der Waals surface area (Å²) in [7, 11) is 0. The number of imide groups is 1. The molecule has 2 saturated heterocycles. The predicted octanol–water partition coefficient (Wildman–Crippen LogP) is 3.01. The Morgan fingerprint density at radius 1 is 0.968 bits per heavy atom. The molecule has 0 spiro atoms. The van der Waals surface area contributed by atoms with Gasteiger partial charge < -0.3 is 9.47 Å². The van der Waals surface area contributed by atoms with Crippen molar-refractivity contribution in [1.82, 2.24) is 9.96 Å². The van der Waals surface area contributed by atoms with Crippen molar-refractivity contribution >= 4 is 11.8 Å². The molecule has 3 atom stereocenters. The van der Waals surface area contributed by atoms with Crippen molar-refractivity contribution in [2.45, 2.75) is 50.8 Å². The second kappa shape index (κ2) is 7.84. The molecule has 5 rings (SSSR count). The molecule has 7 heteroatoms. The van der Waals surface area contributed by atoms with E-state index in [0.29, 0.717) is 30.7 Å². The monoisotopic (exact) mass is 422 g/mol. The molecule has 2 fully saturated rings. The number of ether oxygens (including phenoxy) is 2. The number of carbonyl (C=O) groups is 2. The Labute approximate surface area is 181 Å². The summed E-state index contributed by atoms with van der Waals surface area (Å²) < 4.78 is 11.9. The fraction of sp³-hybridized carbons (Fsp3) is 0.417. The van der Waals surface area contributed by atoms with Crippen molar-refractivity contribution in [1.29, 1.82) is 0 Å². The highest BCUT2D eigenvalue weighted by Gasteiger charge is 2.47. The van der Waals surface area contributed by atoms with Gasteiger partial charge in [-0.25, -0.2) is 0 Å². The molecule has 3 aliphatic heterocycles. The number of nitrogens with zero attached hydrogens (tertiary/aromatic N) is 2. The van der Waals surface area contributed by atoms with E-state index in [1.165, 1.54) is 4.90 Å². The Morgan fingerprint density at radius 2 is 1.61 bits per heavy atom. The average molecular weight is 422 g/mol. The van der Waals surface area contributed by atoms with Crippen LogP contribution in [0.3, 0.4) is 0 Å². The number of hydrogen-bond donors (Lipinski definition) is 0. The molecule has 0 unspecified atom stereocenters. The molecule has 2 aromatic carbocycles. The minimum atomic E-state index is -0.635. The third-order valence-electron chi connectivity index (χ3n) is 6.06. The Kier molecular flexibility index (Phi) is 5.14. The highest BCUT2D eigenvalue weighted by molar-refractivity contribution is 6.21. The number of carbonyl (C=O) groups excluding carboxylic acids is 2. The number of rotatable bonds is 5. The third kappa shape index (κ3) is 3.90. The SMILES string of the molecule is CC1(C)OC[C@H]([C@@H]2C[C@H](CN3C(=O)c4ccccc4C3=O)ON2Cc2ccccc2)O1. The molecule has 2 amide bonds. The fourth-order valence-electron chi connectivity index (χ4n) is 4.58. The van der Waals surface area contributed by atoms with Gasteiger partial charge in [-0.15, -0.1) is 0 Å². The molecule has 0 radical (unpaired) electrons. The van der Waals surface area contributed by atoms with Gasteiger partial charge in [0.15, 0.2) is 5.79 Å². The highest BCUT2D eigenvalue weighted by atomic mass is 16.8. The van der Waals surface area contributed by atoms with E-state index in [2.05, 4.69) is 0 Å². The molecule has 3 aliphatic rings. The van der Waals surface area contributed by atoms with Crippen LogP contribution in [0.5, 0.6) is 0 Å². The molecule has 7 nitrogen and oxygen atoms in total. The molecule has 31 heavy (non-hydrogen) atoms. The smallest absolute Gasteiger partial charge is 0.261 e. The number of hydroxylamine groups is 2. The number of hydrogen-bond acceptors (Lipinski definition) is 6. The largest absolute Gasteiger partial charge is 0.348 e. The van der Waals surface area contributed by atoms with Gasteiger partial charge >= 0.3 is 0 Å². The summed E-state index contributed by atoms with van der Waals surface area (Å²) in [5.41, 5.74) is 2.03. The summed E-state index contributed by atoms with van der Waals surface area (Å²) >= 11 is 0. The molecule has 3 heterocycles. The molecule has 2 aromatic rings. The van der Waals surface area contributed by atoms with Crippen LogP contribution in [0.4, 0.5) is 0 Å². The summed E-state index contributed by atoms with van der Waals surface area (Å²) in [6.45, 7) is 5.09. The van der Waals surface area contributed by atoms with E-state index in [4.69, 9.17) is 14.3 Å². The van der Waals surface area contributed by atoms with Gasteiger partial charge in [-0.3, -0.25) is 19.3 Å². The molecule has 0 aliphatic carbocycles. The van der Waals surface area contributed by atoms with Crippen LogP contribution in [0.25, 0.3) is 0 Å². The van der Waals surface area contributed by atoms with Gasteiger partial charge in [0, 0.05) is 6.54 Å². The first kappa shape index (κ1) is 20.3. The van der Waals surface area contributed by atoms with E-state index in [-0.39, 0.29) is 36.6 Å². The normalized spacial score (nSPS) is 27.8. The second-order valence-corrected chi connectivity index (χ2v) is 8.72. The zero-order valence-corrected chi connectivity index (χ0v) is 17.7. The van der Waals surface area contributed by atoms with Crippen LogP contribution in [0.15, 0.2) is 54.6 Å². The van der Waals surface area contributed by atoms with Crippen molar-refractivity contribution in [2.24, 2.45) is 0 Å². The summed E-state index contributed by atoms with van der Waals surface area (Å²) in [5.74, 6) is -1.16. The van der Waals surface area contributed by atoms with Crippen molar-refractivity contribution in [3.05, 3.63) is 71.3 Å². The highest BCUT2D eigenvalue weighted by Crippen LogP contribution is 2.34. The minimum Gasteiger partial charge on any atom is -0.348 e. The summed E-state index contributed by atoms with van der Waals surface area (Å²) in [5, 5.41) is 1.92. The Hall–Kier alpha value is -2.58. The van der Waals surface area contributed by atoms with Crippen molar-refractivity contribution in [3.63, 3.8) is 0 Å². The Balaban J connectivity index is 1.33. The lowest BCUT2D eigenvalue weighted by molar-refractivity contribution is -0.196. The third-order valence-corrected chi connectivity index (χ3v) is 6.06. The molecule has 0 N–H and O–H groups in total. The van der Waals surface area contributed by atoms with Gasteiger partial charge in [0.1, 0.15) is 6.10 Å². The van der Waals surface area contributed by atoms with Crippen LogP contribution >= 0.6 is 0 Å². The van der Waals surface area contributed by atoms with E-state index in [9.17, 15) is 9.59 Å². The van der Waals surface area contributed by atoms with E-state index >= 15 is 0 Å². The summed E-state index contributed by atoms with van der Waals surface area (Å²) in [6, 6.07) is 17.0. The van der Waals surface area contributed by atoms with Gasteiger partial charge in [0.05, 0.1) is 36.4 Å². The number of benzene rings is 2. The molecule has 0 bridgehead atoms. The zero-order valence-electron chi connectivity index (χ0n) is 17.7. The number of fused-ring (bicyclic) bond motifs is 1. The lowest BCUT2D eigenvalue weighted by Gasteiger charge is -2.27. The van der Waals surface area contributed by atoms with E-state index in [1.54, 1.807) is 24.3 Å². The maximum Gasteiger partial charge on any atom is 0.261 e. The van der Waals surface area contributed by atoms with Crippen LogP contribution in [-0.4, -0.2) is 59.0 Å². The maximum atomic E-state index is 12.8. The van der Waals surface area contributed by atoms with Crippen molar-refractivity contribution < 1.29 is 23.9 Å². The van der Waals surface area contributed by atoms with E-state index < -0.39 is 5.79 Å². The molecule has 0 aromatic heterocycles. The topological polar surface area (TPSA) is 68.3 Å². The standard InChI is InChI=1S/C24H26N2O5/c1-24(2)29-15-21(30-24)20-12-17(31-26(20)13-16-8-4-3-5-9-16)14-25-22(27)18-10-6-7-11-19(18)23(25)28/h3-11,17,20-21H,12-15H2,1-2H3/t17-,20+,21-/m1/s1. The average Bonchev–Trinajstić information content (AvgIpc) is 3.40. The van der Waals surface area contributed by atoms with Gasteiger partial charge in [-0.05, 0) is 38.0 Å². The Morgan fingerprint density at radius 3 is 2.23 bits per heavy atom. The second-order valence-electron chi connectivity index (χ2n) is 8.72. The van der Waals surface area contributed by atoms with E-state index in [1.807, 2.05) is 49.2 Å². The predicted molar refractivity (Wildman–Crippen MR) is 112 cm³/mol.